The van der Waals surface area contributed by atoms with E-state index in [1.165, 1.54) is 12.8 Å². The van der Waals surface area contributed by atoms with Crippen molar-refractivity contribution in [3.8, 4) is 0 Å². The lowest BCUT2D eigenvalue weighted by Crippen LogP contribution is -2.42. The van der Waals surface area contributed by atoms with Crippen LogP contribution < -0.4 is 11.1 Å². The van der Waals surface area contributed by atoms with Crippen LogP contribution in [0.5, 0.6) is 0 Å². The average molecular weight is 255 g/mol. The maximum atomic E-state index is 10.0. The Morgan fingerprint density at radius 2 is 2.00 bits per heavy atom. The van der Waals surface area contributed by atoms with Gasteiger partial charge in [-0.05, 0) is 31.1 Å². The van der Waals surface area contributed by atoms with E-state index >= 15 is 0 Å². The first kappa shape index (κ1) is 13.6. The van der Waals surface area contributed by atoms with Crippen molar-refractivity contribution in [3.05, 3.63) is 0 Å². The Bertz CT molecular complexity index is 303. The normalized spacial score (nSPS) is 31.9. The predicted molar refractivity (Wildman–Crippen MR) is 70.6 cm³/mol. The zero-order valence-electron chi connectivity index (χ0n) is 10.9. The molecule has 2 aliphatic rings. The van der Waals surface area contributed by atoms with Crippen molar-refractivity contribution < 1.29 is 10.3 Å². The first-order valence-electron chi connectivity index (χ1n) is 7.03. The smallest absolute Gasteiger partial charge is 0.139 e. The first-order chi connectivity index (χ1) is 8.65. The number of nitrogens with zero attached hydrogens (tertiary/aromatic N) is 1. The molecule has 0 aliphatic heterocycles. The van der Waals surface area contributed by atoms with Crippen molar-refractivity contribution in [3.63, 3.8) is 0 Å². The Morgan fingerprint density at radius 1 is 1.28 bits per heavy atom. The highest BCUT2D eigenvalue weighted by Crippen LogP contribution is 2.48. The van der Waals surface area contributed by atoms with Crippen LogP contribution in [-0.2, 0) is 0 Å². The Morgan fingerprint density at radius 3 is 2.67 bits per heavy atom. The molecule has 0 bridgehead atoms. The van der Waals surface area contributed by atoms with E-state index in [-0.39, 0.29) is 17.6 Å². The molecule has 0 aromatic heterocycles. The second-order valence-corrected chi connectivity index (χ2v) is 5.96. The predicted octanol–water partition coefficient (Wildman–Crippen LogP) is 1.19. The lowest BCUT2D eigenvalue weighted by atomic mass is 9.99. The van der Waals surface area contributed by atoms with Gasteiger partial charge in [0.2, 0.25) is 0 Å². The van der Waals surface area contributed by atoms with E-state index in [4.69, 9.17) is 10.9 Å². The van der Waals surface area contributed by atoms with Crippen LogP contribution in [0.25, 0.3) is 0 Å². The summed E-state index contributed by atoms with van der Waals surface area (Å²) >= 11 is 0. The van der Waals surface area contributed by atoms with E-state index in [1.54, 1.807) is 0 Å². The molecular formula is C13H25N3O2. The monoisotopic (exact) mass is 255 g/mol. The number of hydrogen-bond acceptors (Lipinski definition) is 4. The summed E-state index contributed by atoms with van der Waals surface area (Å²) in [5, 5.41) is 25.2. The highest BCUT2D eigenvalue weighted by Gasteiger charge is 2.43. The first-order valence-corrected chi connectivity index (χ1v) is 7.03. The SMILES string of the molecule is NC(CC1(CNC2CCCCCC2O)CC1)=NO. The number of nitrogens with two attached hydrogens (primary N) is 1. The molecule has 0 amide bonds. The van der Waals surface area contributed by atoms with E-state index < -0.39 is 0 Å². The lowest BCUT2D eigenvalue weighted by Gasteiger charge is -2.25. The van der Waals surface area contributed by atoms with Gasteiger partial charge in [-0.25, -0.2) is 0 Å². The fraction of sp³-hybridized carbons (Fsp3) is 0.923. The third-order valence-electron chi connectivity index (χ3n) is 4.36. The van der Waals surface area contributed by atoms with Crippen LogP contribution in [0.3, 0.4) is 0 Å². The Labute approximate surface area is 108 Å². The number of hydrogen-bond donors (Lipinski definition) is 4. The summed E-state index contributed by atoms with van der Waals surface area (Å²) in [6.45, 7) is 0.866. The number of oxime groups is 1. The van der Waals surface area contributed by atoms with Gasteiger partial charge in [0, 0.05) is 19.0 Å². The average Bonchev–Trinajstić information content (AvgIpc) is 3.13. The minimum Gasteiger partial charge on any atom is -0.409 e. The molecule has 0 aromatic rings. The minimum absolute atomic E-state index is 0.169. The molecule has 2 rings (SSSR count). The van der Waals surface area contributed by atoms with Gasteiger partial charge in [-0.15, -0.1) is 0 Å². The molecule has 0 spiro atoms. The zero-order chi connectivity index (χ0) is 13.0. The summed E-state index contributed by atoms with van der Waals surface area (Å²) in [7, 11) is 0. The maximum Gasteiger partial charge on any atom is 0.139 e. The summed E-state index contributed by atoms with van der Waals surface area (Å²) in [6.07, 6.45) is 8.21. The maximum absolute atomic E-state index is 10.0. The second kappa shape index (κ2) is 5.89. The molecule has 0 radical (unpaired) electrons. The van der Waals surface area contributed by atoms with E-state index in [0.717, 1.165) is 38.6 Å². The van der Waals surface area contributed by atoms with Gasteiger partial charge in [-0.2, -0.15) is 0 Å². The second-order valence-electron chi connectivity index (χ2n) is 5.96. The van der Waals surface area contributed by atoms with Crippen molar-refractivity contribution in [2.45, 2.75) is 63.5 Å². The van der Waals surface area contributed by atoms with Crippen LogP contribution in [0.15, 0.2) is 5.16 Å². The van der Waals surface area contributed by atoms with E-state index in [2.05, 4.69) is 10.5 Å². The van der Waals surface area contributed by atoms with Crippen molar-refractivity contribution >= 4 is 5.84 Å². The van der Waals surface area contributed by atoms with Gasteiger partial charge in [-0.3, -0.25) is 0 Å². The summed E-state index contributed by atoms with van der Waals surface area (Å²) in [5.41, 5.74) is 5.75. The topological polar surface area (TPSA) is 90.9 Å². The molecule has 5 heteroatoms. The minimum atomic E-state index is -0.216. The molecule has 5 N–H and O–H groups in total. The van der Waals surface area contributed by atoms with Crippen molar-refractivity contribution in [1.82, 2.24) is 5.32 Å². The zero-order valence-corrected chi connectivity index (χ0v) is 10.9. The summed E-state index contributed by atoms with van der Waals surface area (Å²) < 4.78 is 0. The Hall–Kier alpha value is -0.810. The van der Waals surface area contributed by atoms with Gasteiger partial charge in [0.25, 0.3) is 0 Å². The number of rotatable bonds is 5. The third-order valence-corrected chi connectivity index (χ3v) is 4.36. The summed E-state index contributed by atoms with van der Waals surface area (Å²) in [4.78, 5) is 0. The van der Waals surface area contributed by atoms with Crippen LogP contribution in [0.4, 0.5) is 0 Å². The fourth-order valence-electron chi connectivity index (χ4n) is 2.89. The molecule has 2 fully saturated rings. The van der Waals surface area contributed by atoms with Crippen LogP contribution in [-0.4, -0.2) is 34.8 Å². The molecule has 2 atom stereocenters. The molecule has 2 unspecified atom stereocenters. The van der Waals surface area contributed by atoms with Gasteiger partial charge in [0.1, 0.15) is 5.84 Å². The van der Waals surface area contributed by atoms with Crippen molar-refractivity contribution in [2.24, 2.45) is 16.3 Å². The van der Waals surface area contributed by atoms with Gasteiger partial charge >= 0.3 is 0 Å². The molecule has 0 heterocycles. The molecule has 5 nitrogen and oxygen atoms in total. The number of amidine groups is 1. The molecule has 18 heavy (non-hydrogen) atoms. The van der Waals surface area contributed by atoms with Crippen LogP contribution in [0.2, 0.25) is 0 Å². The molecule has 0 saturated heterocycles. The van der Waals surface area contributed by atoms with E-state index in [0.29, 0.717) is 12.3 Å². The summed E-state index contributed by atoms with van der Waals surface area (Å²) in [6, 6.07) is 0.220. The largest absolute Gasteiger partial charge is 0.409 e. The van der Waals surface area contributed by atoms with E-state index in [1.807, 2.05) is 0 Å². The third kappa shape index (κ3) is 3.59. The Balaban J connectivity index is 1.79. The number of aliphatic hydroxyl groups is 1. The number of aliphatic hydroxyl groups excluding tert-OH is 1. The standard InChI is InChI=1S/C13H25N3O2/c14-12(16-18)8-13(6-7-13)9-15-10-4-2-1-3-5-11(10)17/h10-11,15,17-18H,1-9H2,(H2,14,16). The van der Waals surface area contributed by atoms with Crippen molar-refractivity contribution in [2.75, 3.05) is 6.54 Å². The molecule has 104 valence electrons. The summed E-state index contributed by atoms with van der Waals surface area (Å²) in [5.74, 6) is 0.315. The highest BCUT2D eigenvalue weighted by molar-refractivity contribution is 5.80. The molecular weight excluding hydrogens is 230 g/mol. The quantitative estimate of drug-likeness (QED) is 0.195. The van der Waals surface area contributed by atoms with Gasteiger partial charge in [-0.1, -0.05) is 24.4 Å². The molecule has 0 aromatic carbocycles. The van der Waals surface area contributed by atoms with Crippen LogP contribution in [0, 0.1) is 5.41 Å². The van der Waals surface area contributed by atoms with Gasteiger partial charge in [0.05, 0.1) is 6.10 Å². The van der Waals surface area contributed by atoms with E-state index in [9.17, 15) is 5.11 Å². The van der Waals surface area contributed by atoms with Gasteiger partial charge < -0.3 is 21.4 Å². The van der Waals surface area contributed by atoms with Crippen molar-refractivity contribution in [1.29, 1.82) is 0 Å². The Kier molecular flexibility index (Phi) is 4.45. The molecule has 2 saturated carbocycles. The lowest BCUT2D eigenvalue weighted by molar-refractivity contribution is 0.117. The number of nitrogens with one attached hydrogen (secondary N) is 1. The fourth-order valence-corrected chi connectivity index (χ4v) is 2.89. The van der Waals surface area contributed by atoms with Crippen LogP contribution >= 0.6 is 0 Å². The highest BCUT2D eigenvalue weighted by atomic mass is 16.4. The van der Waals surface area contributed by atoms with Gasteiger partial charge in [0.15, 0.2) is 0 Å². The van der Waals surface area contributed by atoms with Crippen LogP contribution in [0.1, 0.15) is 51.4 Å². The molecule has 2 aliphatic carbocycles.